The Kier molecular flexibility index (Phi) is 2.65. The number of rotatable bonds is 2. The Morgan fingerprint density at radius 3 is 2.78 bits per heavy atom. The van der Waals surface area contributed by atoms with E-state index in [0.29, 0.717) is 0 Å². The summed E-state index contributed by atoms with van der Waals surface area (Å²) in [5.41, 5.74) is 3.12. The first-order valence-corrected chi connectivity index (χ1v) is 5.72. The van der Waals surface area contributed by atoms with Gasteiger partial charge in [0.25, 0.3) is 0 Å². The third kappa shape index (κ3) is 1.70. The molecule has 2 aromatic heterocycles. The smallest absolute Gasteiger partial charge is 0.144 e. The first-order valence-electron chi connectivity index (χ1n) is 5.72. The molecule has 0 N–H and O–H groups in total. The van der Waals surface area contributed by atoms with E-state index < -0.39 is 0 Å². The molecule has 3 rings (SSSR count). The molecule has 0 spiro atoms. The lowest BCUT2D eigenvalue weighted by Gasteiger charge is -2.10. The fraction of sp³-hybridized carbons (Fsp3) is 0.0667. The van der Waals surface area contributed by atoms with E-state index in [2.05, 4.69) is 22.1 Å². The van der Waals surface area contributed by atoms with E-state index in [1.54, 1.807) is 25.7 Å². The highest BCUT2D eigenvalue weighted by Gasteiger charge is 2.08. The van der Waals surface area contributed by atoms with Crippen LogP contribution in [0.2, 0.25) is 0 Å². The molecule has 0 saturated heterocycles. The Hall–Kier alpha value is -2.42. The van der Waals surface area contributed by atoms with Gasteiger partial charge in [-0.2, -0.15) is 0 Å². The predicted molar refractivity (Wildman–Crippen MR) is 71.5 cm³/mol. The third-order valence-electron chi connectivity index (χ3n) is 2.94. The van der Waals surface area contributed by atoms with E-state index in [9.17, 15) is 0 Å². The van der Waals surface area contributed by atoms with Crippen LogP contribution < -0.4 is 4.74 Å². The number of hydrogen-bond acceptors (Lipinski definition) is 3. The number of benzene rings is 1. The second-order valence-electron chi connectivity index (χ2n) is 3.95. The maximum Gasteiger partial charge on any atom is 0.144 e. The first-order chi connectivity index (χ1) is 8.90. The zero-order valence-electron chi connectivity index (χ0n) is 10.00. The Labute approximate surface area is 105 Å². The number of nitrogens with zero attached hydrogens (tertiary/aromatic N) is 2. The standard InChI is InChI=1S/C15H12N2O/c1-18-15-10-16-9-7-13(15)11-4-2-6-14-12(11)5-3-8-17-14/h2-10H,1H3. The fourth-order valence-corrected chi connectivity index (χ4v) is 2.10. The zero-order chi connectivity index (χ0) is 12.4. The van der Waals surface area contributed by atoms with Crippen LogP contribution in [-0.4, -0.2) is 17.1 Å². The van der Waals surface area contributed by atoms with Crippen LogP contribution >= 0.6 is 0 Å². The molecule has 0 unspecified atom stereocenters. The molecule has 0 bridgehead atoms. The topological polar surface area (TPSA) is 35.0 Å². The molecule has 18 heavy (non-hydrogen) atoms. The van der Waals surface area contributed by atoms with Crippen molar-refractivity contribution >= 4 is 10.9 Å². The molecule has 3 heteroatoms. The molecule has 0 atom stereocenters. The Morgan fingerprint density at radius 2 is 1.89 bits per heavy atom. The Morgan fingerprint density at radius 1 is 0.944 bits per heavy atom. The molecule has 3 nitrogen and oxygen atoms in total. The normalized spacial score (nSPS) is 10.5. The number of fused-ring (bicyclic) bond motifs is 1. The van der Waals surface area contributed by atoms with Gasteiger partial charge in [0, 0.05) is 23.3 Å². The molecular formula is C15H12N2O. The van der Waals surface area contributed by atoms with Crippen molar-refractivity contribution in [2.24, 2.45) is 0 Å². The lowest BCUT2D eigenvalue weighted by atomic mass is 10.0. The number of pyridine rings is 2. The highest BCUT2D eigenvalue weighted by molar-refractivity contribution is 5.95. The van der Waals surface area contributed by atoms with Crippen LogP contribution in [0.3, 0.4) is 0 Å². The molecule has 0 aliphatic rings. The van der Waals surface area contributed by atoms with Crippen LogP contribution in [0, 0.1) is 0 Å². The second kappa shape index (κ2) is 4.45. The van der Waals surface area contributed by atoms with Crippen LogP contribution in [0.15, 0.2) is 55.0 Å². The summed E-state index contributed by atoms with van der Waals surface area (Å²) in [5.74, 6) is 0.772. The van der Waals surface area contributed by atoms with Crippen LogP contribution in [0.1, 0.15) is 0 Å². The van der Waals surface area contributed by atoms with Crippen molar-refractivity contribution in [3.63, 3.8) is 0 Å². The van der Waals surface area contributed by atoms with Crippen LogP contribution in [0.5, 0.6) is 5.75 Å². The summed E-state index contributed by atoms with van der Waals surface area (Å²) < 4.78 is 5.37. The first kappa shape index (κ1) is 10.7. The third-order valence-corrected chi connectivity index (χ3v) is 2.94. The van der Waals surface area contributed by atoms with Gasteiger partial charge in [-0.1, -0.05) is 18.2 Å². The zero-order valence-corrected chi connectivity index (χ0v) is 10.00. The highest BCUT2D eigenvalue weighted by Crippen LogP contribution is 2.33. The largest absolute Gasteiger partial charge is 0.494 e. The van der Waals surface area contributed by atoms with Crippen LogP contribution in [-0.2, 0) is 0 Å². The van der Waals surface area contributed by atoms with Gasteiger partial charge in [-0.25, -0.2) is 0 Å². The average Bonchev–Trinajstić information content (AvgIpc) is 2.46. The van der Waals surface area contributed by atoms with E-state index in [1.807, 2.05) is 24.3 Å². The highest BCUT2D eigenvalue weighted by atomic mass is 16.5. The molecule has 2 heterocycles. The lowest BCUT2D eigenvalue weighted by Crippen LogP contribution is -1.90. The Bertz CT molecular complexity index is 689. The van der Waals surface area contributed by atoms with Crippen LogP contribution in [0.25, 0.3) is 22.0 Å². The number of hydrogen-bond donors (Lipinski definition) is 0. The SMILES string of the molecule is COc1cnccc1-c1cccc2ncccc12. The van der Waals surface area contributed by atoms with Gasteiger partial charge in [0.05, 0.1) is 18.8 Å². The quantitative estimate of drug-likeness (QED) is 0.684. The van der Waals surface area contributed by atoms with Gasteiger partial charge in [-0.05, 0) is 23.8 Å². The summed E-state index contributed by atoms with van der Waals surface area (Å²) >= 11 is 0. The summed E-state index contributed by atoms with van der Waals surface area (Å²) in [4.78, 5) is 8.45. The molecule has 0 radical (unpaired) electrons. The molecule has 0 aliphatic carbocycles. The summed E-state index contributed by atoms with van der Waals surface area (Å²) in [6.45, 7) is 0. The number of methoxy groups -OCH3 is 1. The number of ether oxygens (including phenoxy) is 1. The van der Waals surface area contributed by atoms with Crippen molar-refractivity contribution in [2.45, 2.75) is 0 Å². The van der Waals surface area contributed by atoms with E-state index >= 15 is 0 Å². The molecule has 3 aromatic rings. The monoisotopic (exact) mass is 236 g/mol. The minimum absolute atomic E-state index is 0.772. The van der Waals surface area contributed by atoms with Gasteiger partial charge in [-0.15, -0.1) is 0 Å². The Balaban J connectivity index is 2.32. The minimum Gasteiger partial charge on any atom is -0.494 e. The molecule has 88 valence electrons. The second-order valence-corrected chi connectivity index (χ2v) is 3.95. The van der Waals surface area contributed by atoms with Crippen molar-refractivity contribution in [2.75, 3.05) is 7.11 Å². The van der Waals surface area contributed by atoms with E-state index in [4.69, 9.17) is 4.74 Å². The summed E-state index contributed by atoms with van der Waals surface area (Å²) in [7, 11) is 1.66. The number of aromatic nitrogens is 2. The summed E-state index contributed by atoms with van der Waals surface area (Å²) in [5, 5.41) is 1.12. The van der Waals surface area contributed by atoms with Gasteiger partial charge in [-0.3, -0.25) is 9.97 Å². The molecule has 0 aliphatic heterocycles. The van der Waals surface area contributed by atoms with E-state index in [1.165, 1.54) is 0 Å². The molecule has 0 amide bonds. The van der Waals surface area contributed by atoms with Gasteiger partial charge in [0.15, 0.2) is 0 Å². The van der Waals surface area contributed by atoms with E-state index in [0.717, 1.165) is 27.8 Å². The van der Waals surface area contributed by atoms with Gasteiger partial charge < -0.3 is 4.74 Å². The average molecular weight is 236 g/mol. The fourth-order valence-electron chi connectivity index (χ4n) is 2.10. The summed E-state index contributed by atoms with van der Waals surface area (Å²) in [6, 6.07) is 12.1. The minimum atomic E-state index is 0.772. The van der Waals surface area contributed by atoms with Crippen LogP contribution in [0.4, 0.5) is 0 Å². The molecule has 0 fully saturated rings. The van der Waals surface area contributed by atoms with Crippen molar-refractivity contribution in [3.05, 3.63) is 55.0 Å². The molecular weight excluding hydrogens is 224 g/mol. The maximum absolute atomic E-state index is 5.37. The van der Waals surface area contributed by atoms with E-state index in [-0.39, 0.29) is 0 Å². The van der Waals surface area contributed by atoms with Gasteiger partial charge >= 0.3 is 0 Å². The lowest BCUT2D eigenvalue weighted by molar-refractivity contribution is 0.414. The van der Waals surface area contributed by atoms with Crippen molar-refractivity contribution in [3.8, 4) is 16.9 Å². The summed E-state index contributed by atoms with van der Waals surface area (Å²) in [6.07, 6.45) is 5.30. The maximum atomic E-state index is 5.37. The predicted octanol–water partition coefficient (Wildman–Crippen LogP) is 3.31. The van der Waals surface area contributed by atoms with Gasteiger partial charge in [0.1, 0.15) is 5.75 Å². The van der Waals surface area contributed by atoms with Crippen molar-refractivity contribution in [1.82, 2.24) is 9.97 Å². The molecule has 0 saturated carbocycles. The van der Waals surface area contributed by atoms with Crippen molar-refractivity contribution in [1.29, 1.82) is 0 Å². The molecule has 1 aromatic carbocycles. The van der Waals surface area contributed by atoms with Gasteiger partial charge in [0.2, 0.25) is 0 Å². The van der Waals surface area contributed by atoms with Crippen molar-refractivity contribution < 1.29 is 4.74 Å².